The third kappa shape index (κ3) is 3.04. The van der Waals surface area contributed by atoms with Crippen molar-refractivity contribution in [2.45, 2.75) is 31.7 Å². The lowest BCUT2D eigenvalue weighted by molar-refractivity contribution is 0.0574. The van der Waals surface area contributed by atoms with Gasteiger partial charge < -0.3 is 10.3 Å². The lowest BCUT2D eigenvalue weighted by Crippen LogP contribution is -2.51. The third-order valence-electron chi connectivity index (χ3n) is 4.76. The molecule has 1 aromatic carbocycles. The van der Waals surface area contributed by atoms with Gasteiger partial charge in [-0.05, 0) is 25.0 Å². The van der Waals surface area contributed by atoms with Gasteiger partial charge in [-0.15, -0.1) is 0 Å². The van der Waals surface area contributed by atoms with Crippen molar-refractivity contribution < 1.29 is 4.79 Å². The van der Waals surface area contributed by atoms with Gasteiger partial charge in [0.25, 0.3) is 5.91 Å². The maximum Gasteiger partial charge on any atom is 0.256 e. The fraction of sp³-hybridized carbons (Fsp3) is 0.562. The smallest absolute Gasteiger partial charge is 0.256 e. The maximum absolute atomic E-state index is 12.6. The highest BCUT2D eigenvalue weighted by Gasteiger charge is 2.28. The van der Waals surface area contributed by atoms with Crippen LogP contribution in [0.25, 0.3) is 0 Å². The largest absolute Gasteiger partial charge is 0.336 e. The first kappa shape index (κ1) is 14.4. The molecule has 3 N–H and O–H groups in total. The van der Waals surface area contributed by atoms with Crippen LogP contribution in [0.3, 0.4) is 0 Å². The van der Waals surface area contributed by atoms with Crippen molar-refractivity contribution in [2.75, 3.05) is 31.6 Å². The fourth-order valence-corrected chi connectivity index (χ4v) is 3.53. The van der Waals surface area contributed by atoms with Crippen LogP contribution >= 0.6 is 0 Å². The second-order valence-corrected chi connectivity index (χ2v) is 5.96. The molecule has 3 rings (SSSR count). The number of benzene rings is 1. The van der Waals surface area contributed by atoms with Crippen molar-refractivity contribution in [3.05, 3.63) is 29.8 Å². The Hall–Kier alpha value is -1.59. The van der Waals surface area contributed by atoms with Gasteiger partial charge in [0.2, 0.25) is 0 Å². The minimum absolute atomic E-state index is 0.0784. The number of nitrogen functional groups attached to an aromatic ring is 1. The number of hydrogen-bond acceptors (Lipinski definition) is 4. The summed E-state index contributed by atoms with van der Waals surface area (Å²) in [7, 11) is 0. The van der Waals surface area contributed by atoms with Crippen LogP contribution in [-0.4, -0.2) is 47.9 Å². The van der Waals surface area contributed by atoms with Gasteiger partial charge in [0, 0.05) is 32.2 Å². The summed E-state index contributed by atoms with van der Waals surface area (Å²) in [6.45, 7) is 3.62. The van der Waals surface area contributed by atoms with Crippen LogP contribution in [0.4, 0.5) is 5.69 Å². The number of amides is 1. The van der Waals surface area contributed by atoms with Gasteiger partial charge in [0.1, 0.15) is 0 Å². The molecule has 1 amide bonds. The molecular formula is C16H24N4O. The Morgan fingerprint density at radius 3 is 2.43 bits per heavy atom. The van der Waals surface area contributed by atoms with E-state index in [2.05, 4.69) is 10.3 Å². The molecule has 2 fully saturated rings. The summed E-state index contributed by atoms with van der Waals surface area (Å²) in [5, 5.41) is 0. The number of nitrogens with two attached hydrogens (primary N) is 1. The van der Waals surface area contributed by atoms with Gasteiger partial charge in [-0.2, -0.15) is 0 Å². The van der Waals surface area contributed by atoms with E-state index in [-0.39, 0.29) is 5.91 Å². The average molecular weight is 288 g/mol. The zero-order valence-electron chi connectivity index (χ0n) is 12.4. The van der Waals surface area contributed by atoms with E-state index in [1.54, 1.807) is 0 Å². The molecule has 0 radical (unpaired) electrons. The number of anilines is 1. The summed E-state index contributed by atoms with van der Waals surface area (Å²) in [5.74, 6) is 5.57. The number of nitrogens with one attached hydrogen (secondary N) is 1. The third-order valence-corrected chi connectivity index (χ3v) is 4.76. The zero-order valence-corrected chi connectivity index (χ0v) is 12.4. The highest BCUT2D eigenvalue weighted by molar-refractivity contribution is 5.99. The van der Waals surface area contributed by atoms with Gasteiger partial charge in [0.05, 0.1) is 11.3 Å². The number of hydrogen-bond donors (Lipinski definition) is 2. The highest BCUT2D eigenvalue weighted by atomic mass is 16.2. The van der Waals surface area contributed by atoms with E-state index < -0.39 is 0 Å². The number of nitrogens with zero attached hydrogens (tertiary/aromatic N) is 2. The number of carbonyl (C=O) groups is 1. The molecule has 1 saturated carbocycles. The molecule has 5 nitrogen and oxygen atoms in total. The molecule has 1 saturated heterocycles. The topological polar surface area (TPSA) is 61.6 Å². The molecule has 2 aliphatic rings. The van der Waals surface area contributed by atoms with Crippen molar-refractivity contribution in [2.24, 2.45) is 5.84 Å². The van der Waals surface area contributed by atoms with E-state index in [4.69, 9.17) is 5.84 Å². The fourth-order valence-electron chi connectivity index (χ4n) is 3.53. The summed E-state index contributed by atoms with van der Waals surface area (Å²) in [6.07, 6.45) is 5.38. The van der Waals surface area contributed by atoms with E-state index in [0.717, 1.165) is 32.2 Å². The van der Waals surface area contributed by atoms with Gasteiger partial charge in [-0.1, -0.05) is 25.0 Å². The van der Waals surface area contributed by atoms with Crippen LogP contribution in [-0.2, 0) is 0 Å². The normalized spacial score (nSPS) is 20.7. The maximum atomic E-state index is 12.6. The van der Waals surface area contributed by atoms with Gasteiger partial charge >= 0.3 is 0 Å². The molecule has 5 heteroatoms. The first-order chi connectivity index (χ1) is 10.3. The molecule has 0 bridgehead atoms. The number of carbonyl (C=O) groups excluding carboxylic acids is 1. The summed E-state index contributed by atoms with van der Waals surface area (Å²) in [5.41, 5.74) is 3.97. The molecule has 114 valence electrons. The van der Waals surface area contributed by atoms with E-state index in [0.29, 0.717) is 11.3 Å². The zero-order chi connectivity index (χ0) is 14.7. The Labute approximate surface area is 126 Å². The summed E-state index contributed by atoms with van der Waals surface area (Å²) < 4.78 is 0. The summed E-state index contributed by atoms with van der Waals surface area (Å²) >= 11 is 0. The van der Waals surface area contributed by atoms with Gasteiger partial charge in [-0.3, -0.25) is 15.5 Å². The van der Waals surface area contributed by atoms with Crippen LogP contribution in [0, 0.1) is 0 Å². The number of para-hydroxylation sites is 1. The summed E-state index contributed by atoms with van der Waals surface area (Å²) in [4.78, 5) is 17.1. The van der Waals surface area contributed by atoms with Crippen molar-refractivity contribution in [3.63, 3.8) is 0 Å². The lowest BCUT2D eigenvalue weighted by atomic mass is 10.1. The Morgan fingerprint density at radius 1 is 1.10 bits per heavy atom. The van der Waals surface area contributed by atoms with Gasteiger partial charge in [-0.25, -0.2) is 0 Å². The second-order valence-electron chi connectivity index (χ2n) is 5.96. The molecule has 1 aromatic rings. The molecule has 1 aliphatic heterocycles. The SMILES string of the molecule is NNc1ccccc1C(=O)N1CCN(C2CCCC2)CC1. The van der Waals surface area contributed by atoms with Gasteiger partial charge in [0.15, 0.2) is 0 Å². The minimum atomic E-state index is 0.0784. The quantitative estimate of drug-likeness (QED) is 0.656. The predicted octanol–water partition coefficient (Wildman–Crippen LogP) is 1.67. The molecule has 0 unspecified atom stereocenters. The van der Waals surface area contributed by atoms with E-state index >= 15 is 0 Å². The number of rotatable bonds is 3. The van der Waals surface area contributed by atoms with Crippen LogP contribution in [0.1, 0.15) is 36.0 Å². The number of hydrazine groups is 1. The van der Waals surface area contributed by atoms with Crippen LogP contribution in [0.2, 0.25) is 0 Å². The van der Waals surface area contributed by atoms with Crippen molar-refractivity contribution in [1.29, 1.82) is 0 Å². The molecule has 1 heterocycles. The first-order valence-corrected chi connectivity index (χ1v) is 7.88. The minimum Gasteiger partial charge on any atom is -0.336 e. The van der Waals surface area contributed by atoms with E-state index in [1.807, 2.05) is 29.2 Å². The standard InChI is InChI=1S/C16H24N4O/c17-18-15-8-4-3-7-14(15)16(21)20-11-9-19(10-12-20)13-5-1-2-6-13/h3-4,7-8,13,18H,1-2,5-6,9-12,17H2. The average Bonchev–Trinajstić information content (AvgIpc) is 3.09. The van der Waals surface area contributed by atoms with Crippen LogP contribution < -0.4 is 11.3 Å². The molecule has 0 spiro atoms. The van der Waals surface area contributed by atoms with Crippen molar-refractivity contribution in [1.82, 2.24) is 9.80 Å². The molecule has 1 aliphatic carbocycles. The lowest BCUT2D eigenvalue weighted by Gasteiger charge is -2.38. The summed E-state index contributed by atoms with van der Waals surface area (Å²) in [6, 6.07) is 8.18. The number of piperazine rings is 1. The second kappa shape index (κ2) is 6.45. The van der Waals surface area contributed by atoms with Crippen LogP contribution in [0.15, 0.2) is 24.3 Å². The first-order valence-electron chi connectivity index (χ1n) is 7.88. The highest BCUT2D eigenvalue weighted by Crippen LogP contribution is 2.25. The molecular weight excluding hydrogens is 264 g/mol. The monoisotopic (exact) mass is 288 g/mol. The molecule has 21 heavy (non-hydrogen) atoms. The van der Waals surface area contributed by atoms with E-state index in [9.17, 15) is 4.79 Å². The Bertz CT molecular complexity index is 491. The predicted molar refractivity (Wildman–Crippen MR) is 84.0 cm³/mol. The van der Waals surface area contributed by atoms with Crippen molar-refractivity contribution in [3.8, 4) is 0 Å². The van der Waals surface area contributed by atoms with Crippen molar-refractivity contribution >= 4 is 11.6 Å². The Kier molecular flexibility index (Phi) is 4.41. The van der Waals surface area contributed by atoms with E-state index in [1.165, 1.54) is 25.7 Å². The molecule has 0 aromatic heterocycles. The Balaban J connectivity index is 1.62. The van der Waals surface area contributed by atoms with Crippen LogP contribution in [0.5, 0.6) is 0 Å². The molecule has 0 atom stereocenters. The Morgan fingerprint density at radius 2 is 1.76 bits per heavy atom.